The molecule has 1 atom stereocenters. The Morgan fingerprint density at radius 3 is 2.50 bits per heavy atom. The summed E-state index contributed by atoms with van der Waals surface area (Å²) in [6.07, 6.45) is -3.61. The van der Waals surface area contributed by atoms with Crippen molar-refractivity contribution in [3.63, 3.8) is 0 Å². The molecule has 0 aliphatic rings. The second-order valence-corrected chi connectivity index (χ2v) is 5.07. The lowest BCUT2D eigenvalue weighted by Crippen LogP contribution is -2.15. The lowest BCUT2D eigenvalue weighted by molar-refractivity contribution is -0.136. The summed E-state index contributed by atoms with van der Waals surface area (Å²) in [6.45, 7) is 3.72. The zero-order chi connectivity index (χ0) is 13.9. The summed E-state index contributed by atoms with van der Waals surface area (Å²) in [5.41, 5.74) is 6.32. The highest BCUT2D eigenvalue weighted by molar-refractivity contribution is 6.30. The maximum absolute atomic E-state index is 12.3. The number of pyridine rings is 1. The van der Waals surface area contributed by atoms with Crippen LogP contribution >= 0.6 is 11.6 Å². The van der Waals surface area contributed by atoms with Gasteiger partial charge in [-0.3, -0.25) is 0 Å². The second kappa shape index (κ2) is 5.78. The number of alkyl halides is 3. The fourth-order valence-electron chi connectivity index (χ4n) is 1.93. The van der Waals surface area contributed by atoms with E-state index in [1.165, 1.54) is 6.20 Å². The van der Waals surface area contributed by atoms with E-state index in [0.29, 0.717) is 10.6 Å². The Morgan fingerprint density at radius 1 is 1.39 bits per heavy atom. The maximum atomic E-state index is 12.3. The molecule has 0 aromatic carbocycles. The van der Waals surface area contributed by atoms with Crippen LogP contribution < -0.4 is 5.73 Å². The van der Waals surface area contributed by atoms with Crippen molar-refractivity contribution in [2.75, 3.05) is 5.73 Å². The van der Waals surface area contributed by atoms with Crippen LogP contribution in [0.25, 0.3) is 0 Å². The molecule has 1 rings (SSSR count). The molecule has 102 valence electrons. The van der Waals surface area contributed by atoms with Crippen molar-refractivity contribution < 1.29 is 13.2 Å². The summed E-state index contributed by atoms with van der Waals surface area (Å²) in [6, 6.07) is 1.60. The molecule has 0 aliphatic heterocycles. The molecule has 18 heavy (non-hydrogen) atoms. The van der Waals surface area contributed by atoms with Crippen molar-refractivity contribution >= 4 is 17.4 Å². The number of hydrogen-bond acceptors (Lipinski definition) is 2. The van der Waals surface area contributed by atoms with E-state index in [2.05, 4.69) is 4.98 Å². The molecule has 6 heteroatoms. The van der Waals surface area contributed by atoms with Crippen LogP contribution in [0.2, 0.25) is 5.02 Å². The molecular weight excluding hydrogens is 265 g/mol. The van der Waals surface area contributed by atoms with Gasteiger partial charge in [-0.1, -0.05) is 25.4 Å². The fourth-order valence-corrected chi connectivity index (χ4v) is 2.10. The van der Waals surface area contributed by atoms with E-state index in [4.69, 9.17) is 17.3 Å². The Kier molecular flexibility index (Phi) is 4.85. The van der Waals surface area contributed by atoms with Crippen LogP contribution in [-0.4, -0.2) is 11.2 Å². The number of rotatable bonds is 4. The summed E-state index contributed by atoms with van der Waals surface area (Å²) in [4.78, 5) is 3.89. The fraction of sp³-hybridized carbons (Fsp3) is 0.583. The molecule has 0 radical (unpaired) electrons. The average Bonchev–Trinajstić information content (AvgIpc) is 2.21. The molecule has 0 saturated heterocycles. The van der Waals surface area contributed by atoms with Gasteiger partial charge in [0.25, 0.3) is 0 Å². The summed E-state index contributed by atoms with van der Waals surface area (Å²) in [5, 5.41) is 0.386. The van der Waals surface area contributed by atoms with Crippen LogP contribution in [0.5, 0.6) is 0 Å². The van der Waals surface area contributed by atoms with Crippen molar-refractivity contribution in [1.82, 2.24) is 4.98 Å². The second-order valence-electron chi connectivity index (χ2n) is 4.63. The molecule has 0 amide bonds. The van der Waals surface area contributed by atoms with Gasteiger partial charge in [-0.2, -0.15) is 13.2 Å². The van der Waals surface area contributed by atoms with Gasteiger partial charge < -0.3 is 5.73 Å². The Morgan fingerprint density at radius 2 is 2.00 bits per heavy atom. The smallest absolute Gasteiger partial charge is 0.383 e. The zero-order valence-corrected chi connectivity index (χ0v) is 11.0. The predicted molar refractivity (Wildman–Crippen MR) is 66.5 cm³/mol. The molecular formula is C12H16ClF3N2. The Bertz CT molecular complexity index is 405. The number of aromatic nitrogens is 1. The average molecular weight is 281 g/mol. The van der Waals surface area contributed by atoms with Gasteiger partial charge in [0, 0.05) is 12.6 Å². The van der Waals surface area contributed by atoms with Crippen LogP contribution in [0.4, 0.5) is 19.0 Å². The van der Waals surface area contributed by atoms with E-state index in [1.54, 1.807) is 6.07 Å². The summed E-state index contributed by atoms with van der Waals surface area (Å²) in [5.74, 6) is -0.00647. The first-order valence-electron chi connectivity index (χ1n) is 5.68. The number of halogens is 4. The Labute approximate surface area is 109 Å². The van der Waals surface area contributed by atoms with Crippen molar-refractivity contribution in [1.29, 1.82) is 0 Å². The minimum atomic E-state index is -4.16. The molecule has 0 bridgehead atoms. The van der Waals surface area contributed by atoms with Crippen LogP contribution in [0.3, 0.4) is 0 Å². The summed E-state index contributed by atoms with van der Waals surface area (Å²) in [7, 11) is 0. The van der Waals surface area contributed by atoms with Crippen molar-refractivity contribution in [3.8, 4) is 0 Å². The van der Waals surface area contributed by atoms with Crippen LogP contribution in [0.1, 0.15) is 38.2 Å². The largest absolute Gasteiger partial charge is 0.389 e. The van der Waals surface area contributed by atoms with Gasteiger partial charge in [0.2, 0.25) is 0 Å². The number of nitrogens with two attached hydrogens (primary N) is 1. The number of anilines is 1. The highest BCUT2D eigenvalue weighted by atomic mass is 35.5. The Balaban J connectivity index is 2.94. The predicted octanol–water partition coefficient (Wildman–Crippen LogP) is 4.40. The third kappa shape index (κ3) is 4.37. The van der Waals surface area contributed by atoms with Crippen molar-refractivity contribution in [3.05, 3.63) is 22.8 Å². The quantitative estimate of drug-likeness (QED) is 0.888. The van der Waals surface area contributed by atoms with E-state index in [1.807, 2.05) is 13.8 Å². The van der Waals surface area contributed by atoms with Crippen LogP contribution in [0.15, 0.2) is 12.3 Å². The van der Waals surface area contributed by atoms with Crippen molar-refractivity contribution in [2.45, 2.75) is 38.8 Å². The van der Waals surface area contributed by atoms with Gasteiger partial charge in [-0.05, 0) is 29.9 Å². The highest BCUT2D eigenvalue weighted by Gasteiger charge is 2.30. The molecule has 0 unspecified atom stereocenters. The van der Waals surface area contributed by atoms with Gasteiger partial charge in [0.05, 0.1) is 5.02 Å². The first-order valence-corrected chi connectivity index (χ1v) is 6.06. The maximum Gasteiger partial charge on any atom is 0.389 e. The lowest BCUT2D eigenvalue weighted by Gasteiger charge is -2.23. The van der Waals surface area contributed by atoms with Crippen LogP contribution in [-0.2, 0) is 0 Å². The minimum absolute atomic E-state index is 0.00656. The Hall–Kier alpha value is -0.970. The zero-order valence-electron chi connectivity index (χ0n) is 10.3. The third-order valence-corrected chi connectivity index (χ3v) is 3.07. The molecule has 1 aromatic rings. The highest BCUT2D eigenvalue weighted by Crippen LogP contribution is 2.36. The topological polar surface area (TPSA) is 38.9 Å². The monoisotopic (exact) mass is 280 g/mol. The van der Waals surface area contributed by atoms with E-state index in [9.17, 15) is 13.2 Å². The third-order valence-electron chi connectivity index (χ3n) is 2.86. The van der Waals surface area contributed by atoms with Gasteiger partial charge in [-0.15, -0.1) is 0 Å². The summed E-state index contributed by atoms with van der Waals surface area (Å²) < 4.78 is 36.9. The molecule has 2 N–H and O–H groups in total. The molecule has 1 aromatic heterocycles. The minimum Gasteiger partial charge on any atom is -0.383 e. The van der Waals surface area contributed by atoms with Gasteiger partial charge in [0.15, 0.2) is 0 Å². The standard InChI is InChI=1S/C12H16ClF3N2/c1-7(2)9(3-4-12(14,15)16)10-5-8(13)6-18-11(10)17/h5-7,9H,3-4H2,1-2H3,(H2,17,18)/t9-/m0/s1. The first kappa shape index (κ1) is 15.1. The van der Waals surface area contributed by atoms with E-state index in [-0.39, 0.29) is 24.1 Å². The number of nitrogens with zero attached hydrogens (tertiary/aromatic N) is 1. The number of hydrogen-bond donors (Lipinski definition) is 1. The molecule has 1 heterocycles. The van der Waals surface area contributed by atoms with Gasteiger partial charge in [-0.25, -0.2) is 4.98 Å². The molecule has 0 aliphatic carbocycles. The molecule has 0 saturated carbocycles. The molecule has 0 fully saturated rings. The molecule has 0 spiro atoms. The van der Waals surface area contributed by atoms with Gasteiger partial charge >= 0.3 is 6.18 Å². The van der Waals surface area contributed by atoms with E-state index < -0.39 is 12.6 Å². The SMILES string of the molecule is CC(C)[C@H](CCC(F)(F)F)c1cc(Cl)cnc1N. The summed E-state index contributed by atoms with van der Waals surface area (Å²) >= 11 is 5.82. The van der Waals surface area contributed by atoms with E-state index in [0.717, 1.165) is 0 Å². The lowest BCUT2D eigenvalue weighted by atomic mass is 9.85. The van der Waals surface area contributed by atoms with E-state index >= 15 is 0 Å². The first-order chi connectivity index (χ1) is 8.20. The van der Waals surface area contributed by atoms with Crippen molar-refractivity contribution in [2.24, 2.45) is 5.92 Å². The van der Waals surface area contributed by atoms with Gasteiger partial charge in [0.1, 0.15) is 5.82 Å². The number of nitrogen functional groups attached to an aromatic ring is 1. The normalized spacial score (nSPS) is 13.9. The van der Waals surface area contributed by atoms with Crippen LogP contribution in [0, 0.1) is 5.92 Å². The molecule has 2 nitrogen and oxygen atoms in total.